The second kappa shape index (κ2) is 3.49. The van der Waals surface area contributed by atoms with Crippen molar-refractivity contribution in [1.82, 2.24) is 0 Å². The SMILES string of the molecule is CC(C)(C)C(C)(C)S(=O)(=O)C1(C(C)(C)C)CC1. The summed E-state index contributed by atoms with van der Waals surface area (Å²) < 4.78 is 24.9. The van der Waals surface area contributed by atoms with Crippen molar-refractivity contribution in [1.29, 1.82) is 0 Å². The van der Waals surface area contributed by atoms with Crippen LogP contribution >= 0.6 is 0 Å². The van der Waals surface area contributed by atoms with Gasteiger partial charge in [0.25, 0.3) is 0 Å². The molecule has 0 unspecified atom stereocenters. The Hall–Kier alpha value is -0.0500. The number of hydrogen-bond donors (Lipinski definition) is 0. The fourth-order valence-corrected chi connectivity index (χ4v) is 5.66. The van der Waals surface area contributed by atoms with Crippen LogP contribution in [0.1, 0.15) is 68.2 Å². The predicted molar refractivity (Wildman–Crippen MR) is 73.9 cm³/mol. The van der Waals surface area contributed by atoms with Gasteiger partial charge in [-0.05, 0) is 37.5 Å². The van der Waals surface area contributed by atoms with Crippen LogP contribution in [0.15, 0.2) is 0 Å². The van der Waals surface area contributed by atoms with Crippen LogP contribution < -0.4 is 0 Å². The lowest BCUT2D eigenvalue weighted by molar-refractivity contribution is 0.284. The van der Waals surface area contributed by atoms with Gasteiger partial charge in [-0.15, -0.1) is 0 Å². The van der Waals surface area contributed by atoms with Gasteiger partial charge in [0, 0.05) is 0 Å². The Morgan fingerprint density at radius 2 is 1.18 bits per heavy atom. The highest BCUT2D eigenvalue weighted by Gasteiger charge is 2.66. The summed E-state index contributed by atoms with van der Waals surface area (Å²) in [4.78, 5) is 0. The molecular weight excluding hydrogens is 232 g/mol. The van der Waals surface area contributed by atoms with E-state index in [1.165, 1.54) is 0 Å². The van der Waals surface area contributed by atoms with E-state index < -0.39 is 19.3 Å². The fraction of sp³-hybridized carbons (Fsp3) is 1.00. The van der Waals surface area contributed by atoms with Crippen molar-refractivity contribution in [3.05, 3.63) is 0 Å². The molecule has 0 spiro atoms. The molecule has 102 valence electrons. The third-order valence-corrected chi connectivity index (χ3v) is 9.07. The van der Waals surface area contributed by atoms with Crippen molar-refractivity contribution >= 4 is 9.84 Å². The van der Waals surface area contributed by atoms with Crippen molar-refractivity contribution in [2.75, 3.05) is 0 Å². The van der Waals surface area contributed by atoms with E-state index in [0.29, 0.717) is 0 Å². The minimum atomic E-state index is -3.14. The molecular formula is C14H28O2S. The summed E-state index contributed by atoms with van der Waals surface area (Å²) in [5, 5.41) is 0. The Morgan fingerprint density at radius 1 is 0.824 bits per heavy atom. The first-order chi connectivity index (χ1) is 7.21. The van der Waals surface area contributed by atoms with Gasteiger partial charge >= 0.3 is 0 Å². The molecule has 0 aromatic rings. The molecule has 0 amide bonds. The van der Waals surface area contributed by atoms with Crippen LogP contribution in [-0.2, 0) is 9.84 Å². The first-order valence-corrected chi connectivity index (χ1v) is 7.93. The molecule has 0 aromatic heterocycles. The zero-order chi connectivity index (χ0) is 13.9. The van der Waals surface area contributed by atoms with Crippen LogP contribution in [-0.4, -0.2) is 17.9 Å². The summed E-state index contributed by atoms with van der Waals surface area (Å²) >= 11 is 0. The fourth-order valence-electron chi connectivity index (χ4n) is 2.43. The van der Waals surface area contributed by atoms with Crippen LogP contribution in [0.3, 0.4) is 0 Å². The topological polar surface area (TPSA) is 34.1 Å². The van der Waals surface area contributed by atoms with Crippen molar-refractivity contribution in [2.45, 2.75) is 77.7 Å². The van der Waals surface area contributed by atoms with E-state index in [1.54, 1.807) is 0 Å². The molecule has 0 bridgehead atoms. The quantitative estimate of drug-likeness (QED) is 0.756. The molecule has 0 aliphatic heterocycles. The van der Waals surface area contributed by atoms with E-state index in [9.17, 15) is 8.42 Å². The maximum absolute atomic E-state index is 13.0. The average molecular weight is 260 g/mol. The molecule has 0 heterocycles. The average Bonchev–Trinajstić information content (AvgIpc) is 2.78. The first kappa shape index (κ1) is 15.0. The zero-order valence-electron chi connectivity index (χ0n) is 12.6. The Balaban J connectivity index is 3.33. The highest BCUT2D eigenvalue weighted by Crippen LogP contribution is 2.60. The van der Waals surface area contributed by atoms with Gasteiger partial charge in [-0.3, -0.25) is 0 Å². The molecule has 1 aliphatic rings. The van der Waals surface area contributed by atoms with E-state index in [4.69, 9.17) is 0 Å². The lowest BCUT2D eigenvalue weighted by atomic mass is 9.82. The maximum Gasteiger partial charge on any atom is 0.162 e. The van der Waals surface area contributed by atoms with Crippen LogP contribution in [0, 0.1) is 10.8 Å². The van der Waals surface area contributed by atoms with Gasteiger partial charge in [0.05, 0.1) is 9.49 Å². The van der Waals surface area contributed by atoms with E-state index in [1.807, 2.05) is 34.6 Å². The highest BCUT2D eigenvalue weighted by molar-refractivity contribution is 7.94. The lowest BCUT2D eigenvalue weighted by Crippen LogP contribution is -2.53. The smallest absolute Gasteiger partial charge is 0.162 e. The first-order valence-electron chi connectivity index (χ1n) is 6.45. The van der Waals surface area contributed by atoms with E-state index in [2.05, 4.69) is 20.8 Å². The summed E-state index contributed by atoms with van der Waals surface area (Å²) in [5.74, 6) is 0. The van der Waals surface area contributed by atoms with Gasteiger partial charge in [0.1, 0.15) is 0 Å². The summed E-state index contributed by atoms with van der Waals surface area (Å²) in [6, 6.07) is 0. The standard InChI is InChI=1S/C14H28O2S/c1-11(2,3)13(7,8)17(15,16)14(9-10-14)12(4,5)6/h9-10H2,1-8H3. The predicted octanol–water partition coefficient (Wildman–Crippen LogP) is 3.80. The minimum Gasteiger partial charge on any atom is -0.228 e. The van der Waals surface area contributed by atoms with Crippen LogP contribution in [0.2, 0.25) is 0 Å². The van der Waals surface area contributed by atoms with Crippen LogP contribution in [0.5, 0.6) is 0 Å². The molecule has 0 atom stereocenters. The maximum atomic E-state index is 13.0. The molecule has 0 N–H and O–H groups in total. The summed E-state index contributed by atoms with van der Waals surface area (Å²) in [5.41, 5.74) is -0.416. The molecule has 0 radical (unpaired) electrons. The van der Waals surface area contributed by atoms with Crippen molar-refractivity contribution < 1.29 is 8.42 Å². The Bertz CT molecular complexity index is 376. The molecule has 0 aromatic carbocycles. The van der Waals surface area contributed by atoms with Gasteiger partial charge in [-0.1, -0.05) is 41.5 Å². The summed E-state index contributed by atoms with van der Waals surface area (Å²) in [7, 11) is -3.14. The van der Waals surface area contributed by atoms with Gasteiger partial charge in [0.15, 0.2) is 9.84 Å². The molecule has 17 heavy (non-hydrogen) atoms. The van der Waals surface area contributed by atoms with Gasteiger partial charge in [-0.2, -0.15) is 0 Å². The van der Waals surface area contributed by atoms with Crippen molar-refractivity contribution in [3.63, 3.8) is 0 Å². The molecule has 2 nitrogen and oxygen atoms in total. The summed E-state index contributed by atoms with van der Waals surface area (Å²) in [6.07, 6.45) is 1.64. The minimum absolute atomic E-state index is 0.172. The Morgan fingerprint density at radius 3 is 1.35 bits per heavy atom. The number of rotatable bonds is 2. The molecule has 0 saturated heterocycles. The van der Waals surface area contributed by atoms with E-state index in [0.717, 1.165) is 12.8 Å². The van der Waals surface area contributed by atoms with Crippen LogP contribution in [0.25, 0.3) is 0 Å². The lowest BCUT2D eigenvalue weighted by Gasteiger charge is -2.44. The molecule has 3 heteroatoms. The molecule has 1 rings (SSSR count). The van der Waals surface area contributed by atoms with Crippen molar-refractivity contribution in [3.8, 4) is 0 Å². The van der Waals surface area contributed by atoms with Gasteiger partial charge < -0.3 is 0 Å². The highest BCUT2D eigenvalue weighted by atomic mass is 32.2. The second-order valence-electron chi connectivity index (χ2n) is 8.01. The second-order valence-corrected chi connectivity index (χ2v) is 10.8. The van der Waals surface area contributed by atoms with Crippen LogP contribution in [0.4, 0.5) is 0 Å². The summed E-state index contributed by atoms with van der Waals surface area (Å²) in [6.45, 7) is 16.0. The number of sulfone groups is 1. The third kappa shape index (κ3) is 1.85. The zero-order valence-corrected chi connectivity index (χ0v) is 13.5. The molecule has 1 aliphatic carbocycles. The van der Waals surface area contributed by atoms with E-state index >= 15 is 0 Å². The monoisotopic (exact) mass is 260 g/mol. The van der Waals surface area contributed by atoms with E-state index in [-0.39, 0.29) is 10.8 Å². The molecule has 1 fully saturated rings. The molecule has 1 saturated carbocycles. The van der Waals surface area contributed by atoms with Gasteiger partial charge in [-0.25, -0.2) is 8.42 Å². The third-order valence-electron chi connectivity index (χ3n) is 5.06. The van der Waals surface area contributed by atoms with Crippen molar-refractivity contribution in [2.24, 2.45) is 10.8 Å². The Labute approximate surface area is 107 Å². The number of hydrogen-bond acceptors (Lipinski definition) is 2. The normalized spacial score (nSPS) is 21.4. The Kier molecular flexibility index (Phi) is 3.08. The largest absolute Gasteiger partial charge is 0.228 e. The van der Waals surface area contributed by atoms with Gasteiger partial charge in [0.2, 0.25) is 0 Å².